The minimum atomic E-state index is -0.976. The molecular formula is C25H28N6O3S. The van der Waals surface area contributed by atoms with Crippen molar-refractivity contribution in [2.45, 2.75) is 52.4 Å². The Morgan fingerprint density at radius 1 is 1.11 bits per heavy atom. The van der Waals surface area contributed by atoms with Gasteiger partial charge in [-0.05, 0) is 62.1 Å². The van der Waals surface area contributed by atoms with Crippen LogP contribution in [0.4, 0.5) is 0 Å². The molecule has 10 heteroatoms. The van der Waals surface area contributed by atoms with Crippen molar-refractivity contribution < 1.29 is 14.0 Å². The van der Waals surface area contributed by atoms with Gasteiger partial charge in [0.1, 0.15) is 18.1 Å². The summed E-state index contributed by atoms with van der Waals surface area (Å²) < 4.78 is 5.85. The number of rotatable bonds is 8. The van der Waals surface area contributed by atoms with Gasteiger partial charge in [0.05, 0.1) is 4.88 Å². The topological polar surface area (TPSA) is 106 Å². The lowest BCUT2D eigenvalue weighted by molar-refractivity contribution is -0.143. The average Bonchev–Trinajstić information content (AvgIpc) is 3.55. The van der Waals surface area contributed by atoms with Crippen LogP contribution in [0.5, 0.6) is 0 Å². The number of carbonyl (C=O) groups is 2. The fraction of sp³-hybridized carbons (Fsp3) is 0.320. The molecule has 3 heterocycles. The molecule has 3 aromatic heterocycles. The van der Waals surface area contributed by atoms with E-state index in [1.165, 1.54) is 21.0 Å². The molecule has 9 nitrogen and oxygen atoms in total. The van der Waals surface area contributed by atoms with Crippen LogP contribution in [-0.4, -0.2) is 42.5 Å². The maximum absolute atomic E-state index is 13.7. The average molecular weight is 493 g/mol. The minimum Gasteiger partial charge on any atom is -0.464 e. The minimum absolute atomic E-state index is 0.176. The van der Waals surface area contributed by atoms with Crippen LogP contribution in [0.3, 0.4) is 0 Å². The van der Waals surface area contributed by atoms with Gasteiger partial charge in [-0.3, -0.25) is 9.59 Å². The van der Waals surface area contributed by atoms with Gasteiger partial charge in [0.2, 0.25) is 11.7 Å². The van der Waals surface area contributed by atoms with Crippen LogP contribution in [0.15, 0.2) is 64.4 Å². The number of nitrogens with one attached hydrogen (secondary N) is 1. The molecule has 0 bridgehead atoms. The van der Waals surface area contributed by atoms with Crippen LogP contribution in [0.1, 0.15) is 43.9 Å². The molecule has 0 aliphatic carbocycles. The molecule has 1 atom stereocenters. The van der Waals surface area contributed by atoms with E-state index < -0.39 is 11.6 Å². The third kappa shape index (κ3) is 6.21. The summed E-state index contributed by atoms with van der Waals surface area (Å²) in [5.41, 5.74) is 0.380. The first kappa shape index (κ1) is 24.3. The zero-order chi connectivity index (χ0) is 25.0. The van der Waals surface area contributed by atoms with Crippen LogP contribution >= 0.6 is 11.3 Å². The van der Waals surface area contributed by atoms with E-state index in [0.29, 0.717) is 17.3 Å². The van der Waals surface area contributed by atoms with Gasteiger partial charge >= 0.3 is 0 Å². The van der Waals surface area contributed by atoms with Crippen molar-refractivity contribution >= 4 is 23.2 Å². The molecule has 0 saturated carbocycles. The van der Waals surface area contributed by atoms with Gasteiger partial charge in [-0.1, -0.05) is 36.4 Å². The van der Waals surface area contributed by atoms with Crippen molar-refractivity contribution in [2.24, 2.45) is 0 Å². The molecule has 0 saturated heterocycles. The summed E-state index contributed by atoms with van der Waals surface area (Å²) in [6.45, 7) is 7.51. The van der Waals surface area contributed by atoms with Crippen LogP contribution in [-0.2, 0) is 22.7 Å². The van der Waals surface area contributed by atoms with Gasteiger partial charge in [-0.2, -0.15) is 4.80 Å². The number of hydrogen-bond donors (Lipinski definition) is 1. The standard InChI is InChI=1S/C25H28N6O3S/c1-17-12-13-19(34-17)22(24(33)26-25(2,3)4)30(15-18-9-6-5-7-10-18)21(32)16-31-28-23(27-29-31)20-11-8-14-35-20/h5-14,22H,15-16H2,1-4H3,(H,26,33). The number of nitrogens with zero attached hydrogens (tertiary/aromatic N) is 5. The third-order valence-corrected chi connectivity index (χ3v) is 5.94. The van der Waals surface area contributed by atoms with Crippen molar-refractivity contribution in [3.8, 4) is 10.7 Å². The van der Waals surface area contributed by atoms with Crippen molar-refractivity contribution in [1.82, 2.24) is 30.4 Å². The highest BCUT2D eigenvalue weighted by Gasteiger charge is 2.36. The van der Waals surface area contributed by atoms with Crippen molar-refractivity contribution in [3.05, 3.63) is 77.1 Å². The predicted molar refractivity (Wildman–Crippen MR) is 132 cm³/mol. The second-order valence-electron chi connectivity index (χ2n) is 9.22. The molecule has 1 N–H and O–H groups in total. The quantitative estimate of drug-likeness (QED) is 0.399. The van der Waals surface area contributed by atoms with E-state index in [2.05, 4.69) is 20.7 Å². The normalized spacial score (nSPS) is 12.3. The lowest BCUT2D eigenvalue weighted by Crippen LogP contribution is -2.49. The monoisotopic (exact) mass is 492 g/mol. The molecule has 0 spiro atoms. The molecule has 0 aliphatic heterocycles. The fourth-order valence-corrected chi connectivity index (χ4v) is 4.24. The number of tetrazole rings is 1. The molecule has 1 unspecified atom stereocenters. The lowest BCUT2D eigenvalue weighted by Gasteiger charge is -2.32. The summed E-state index contributed by atoms with van der Waals surface area (Å²) in [5, 5.41) is 17.4. The van der Waals surface area contributed by atoms with Gasteiger partial charge in [-0.25, -0.2) is 0 Å². The van der Waals surface area contributed by atoms with Crippen LogP contribution in [0.2, 0.25) is 0 Å². The molecule has 0 radical (unpaired) electrons. The maximum atomic E-state index is 13.7. The van der Waals surface area contributed by atoms with Gasteiger partial charge in [-0.15, -0.1) is 21.5 Å². The van der Waals surface area contributed by atoms with E-state index in [9.17, 15) is 9.59 Å². The second-order valence-corrected chi connectivity index (χ2v) is 10.2. The van der Waals surface area contributed by atoms with Gasteiger partial charge in [0, 0.05) is 12.1 Å². The number of aromatic nitrogens is 4. The summed E-state index contributed by atoms with van der Waals surface area (Å²) in [4.78, 5) is 30.8. The molecule has 1 aromatic carbocycles. The number of thiophene rings is 1. The van der Waals surface area contributed by atoms with E-state index in [4.69, 9.17) is 4.42 Å². The van der Waals surface area contributed by atoms with Crippen molar-refractivity contribution in [3.63, 3.8) is 0 Å². The zero-order valence-electron chi connectivity index (χ0n) is 20.1. The van der Waals surface area contributed by atoms with Crippen LogP contribution < -0.4 is 5.32 Å². The molecule has 35 heavy (non-hydrogen) atoms. The Labute approximate surface area is 207 Å². The first-order valence-electron chi connectivity index (χ1n) is 11.2. The summed E-state index contributed by atoms with van der Waals surface area (Å²) in [5.74, 6) is 0.818. The van der Waals surface area contributed by atoms with Crippen molar-refractivity contribution in [1.29, 1.82) is 0 Å². The fourth-order valence-electron chi connectivity index (χ4n) is 3.59. The van der Waals surface area contributed by atoms with E-state index in [0.717, 1.165) is 10.4 Å². The Morgan fingerprint density at radius 2 is 1.89 bits per heavy atom. The Morgan fingerprint density at radius 3 is 2.51 bits per heavy atom. The Kier molecular flexibility index (Phi) is 7.11. The van der Waals surface area contributed by atoms with E-state index in [1.54, 1.807) is 19.1 Å². The number of furan rings is 1. The number of aryl methyl sites for hydroxylation is 1. The first-order valence-corrected chi connectivity index (χ1v) is 12.1. The molecular weight excluding hydrogens is 464 g/mol. The van der Waals surface area contributed by atoms with Crippen LogP contribution in [0, 0.1) is 6.92 Å². The van der Waals surface area contributed by atoms with Gasteiger partial charge < -0.3 is 14.6 Å². The van der Waals surface area contributed by atoms with Gasteiger partial charge in [0.15, 0.2) is 6.04 Å². The summed E-state index contributed by atoms with van der Waals surface area (Å²) >= 11 is 1.49. The first-order chi connectivity index (χ1) is 16.7. The van der Waals surface area contributed by atoms with E-state index in [1.807, 2.05) is 68.6 Å². The Hall–Kier alpha value is -3.79. The summed E-state index contributed by atoms with van der Waals surface area (Å²) in [7, 11) is 0. The highest BCUT2D eigenvalue weighted by Crippen LogP contribution is 2.27. The van der Waals surface area contributed by atoms with E-state index >= 15 is 0 Å². The largest absolute Gasteiger partial charge is 0.464 e. The summed E-state index contributed by atoms with van der Waals surface area (Å²) in [6, 6.07) is 15.8. The highest BCUT2D eigenvalue weighted by atomic mass is 32.1. The third-order valence-electron chi connectivity index (χ3n) is 5.08. The van der Waals surface area contributed by atoms with Crippen molar-refractivity contribution in [2.75, 3.05) is 0 Å². The smallest absolute Gasteiger partial charge is 0.251 e. The maximum Gasteiger partial charge on any atom is 0.251 e. The number of amides is 2. The number of benzene rings is 1. The molecule has 4 rings (SSSR count). The second kappa shape index (κ2) is 10.2. The number of hydrogen-bond acceptors (Lipinski definition) is 7. The zero-order valence-corrected chi connectivity index (χ0v) is 21.0. The molecule has 4 aromatic rings. The number of carbonyl (C=O) groups excluding carboxylic acids is 2. The Bertz CT molecular complexity index is 1270. The van der Waals surface area contributed by atoms with Crippen LogP contribution in [0.25, 0.3) is 10.7 Å². The van der Waals surface area contributed by atoms with E-state index in [-0.39, 0.29) is 24.9 Å². The molecule has 0 aliphatic rings. The molecule has 0 fully saturated rings. The molecule has 2 amide bonds. The Balaban J connectivity index is 1.68. The predicted octanol–water partition coefficient (Wildman–Crippen LogP) is 3.99. The molecule has 182 valence electrons. The summed E-state index contributed by atoms with van der Waals surface area (Å²) in [6.07, 6.45) is 0. The highest BCUT2D eigenvalue weighted by molar-refractivity contribution is 7.13. The van der Waals surface area contributed by atoms with Gasteiger partial charge in [0.25, 0.3) is 5.91 Å². The SMILES string of the molecule is Cc1ccc(C(C(=O)NC(C)(C)C)N(Cc2ccccc2)C(=O)Cn2nnc(-c3cccs3)n2)o1. The lowest BCUT2D eigenvalue weighted by atomic mass is 10.1.